The average Bonchev–Trinajstić information content (AvgIpc) is 2.43. The lowest BCUT2D eigenvalue weighted by Crippen LogP contribution is -2.15. The van der Waals surface area contributed by atoms with Crippen molar-refractivity contribution in [3.05, 3.63) is 68.2 Å². The van der Waals surface area contributed by atoms with Gasteiger partial charge in [-0.25, -0.2) is 0 Å². The second kappa shape index (κ2) is 6.49. The monoisotopic (exact) mass is 348 g/mol. The van der Waals surface area contributed by atoms with Crippen LogP contribution < -0.4 is 5.32 Å². The maximum absolute atomic E-state index is 12.0. The van der Waals surface area contributed by atoms with Crippen molar-refractivity contribution >= 4 is 33.2 Å². The molecule has 0 aliphatic heterocycles. The first-order valence-electron chi connectivity index (χ1n) is 6.25. The zero-order valence-electron chi connectivity index (χ0n) is 11.3. The Morgan fingerprint density at radius 3 is 2.67 bits per heavy atom. The molecule has 0 heterocycles. The van der Waals surface area contributed by atoms with E-state index in [2.05, 4.69) is 21.2 Å². The molecule has 0 saturated carbocycles. The molecular weight excluding hydrogens is 336 g/mol. The predicted molar refractivity (Wildman–Crippen MR) is 84.3 cm³/mol. The molecular formula is C15H13BrN2O3. The molecule has 108 valence electrons. The fourth-order valence-corrected chi connectivity index (χ4v) is 2.27. The highest BCUT2D eigenvalue weighted by atomic mass is 79.9. The van der Waals surface area contributed by atoms with Gasteiger partial charge >= 0.3 is 0 Å². The van der Waals surface area contributed by atoms with Crippen LogP contribution in [0.15, 0.2) is 46.9 Å². The van der Waals surface area contributed by atoms with Gasteiger partial charge in [0.05, 0.1) is 11.3 Å². The maximum Gasteiger partial charge on any atom is 0.273 e. The van der Waals surface area contributed by atoms with Crippen molar-refractivity contribution in [2.45, 2.75) is 13.3 Å². The number of carbonyl (C=O) groups is 1. The molecule has 0 aromatic heterocycles. The van der Waals surface area contributed by atoms with Crippen LogP contribution in [0, 0.1) is 17.0 Å². The van der Waals surface area contributed by atoms with Gasteiger partial charge in [0.2, 0.25) is 5.91 Å². The fraction of sp³-hybridized carbons (Fsp3) is 0.133. The summed E-state index contributed by atoms with van der Waals surface area (Å²) in [6.45, 7) is 1.95. The van der Waals surface area contributed by atoms with Gasteiger partial charge in [0.1, 0.15) is 0 Å². The maximum atomic E-state index is 12.0. The van der Waals surface area contributed by atoms with E-state index in [1.165, 1.54) is 6.07 Å². The van der Waals surface area contributed by atoms with Crippen LogP contribution >= 0.6 is 15.9 Å². The largest absolute Gasteiger partial charge is 0.326 e. The van der Waals surface area contributed by atoms with Crippen LogP contribution in [0.4, 0.5) is 11.4 Å². The molecule has 0 radical (unpaired) electrons. The van der Waals surface area contributed by atoms with Gasteiger partial charge in [0.25, 0.3) is 5.69 Å². The number of anilines is 1. The second-order valence-electron chi connectivity index (χ2n) is 4.57. The Labute approximate surface area is 130 Å². The number of hydrogen-bond acceptors (Lipinski definition) is 3. The minimum atomic E-state index is -0.481. The zero-order valence-corrected chi connectivity index (χ0v) is 12.9. The predicted octanol–water partition coefficient (Wildman–Crippen LogP) is 3.85. The topological polar surface area (TPSA) is 72.2 Å². The van der Waals surface area contributed by atoms with E-state index in [9.17, 15) is 14.9 Å². The van der Waals surface area contributed by atoms with Crippen molar-refractivity contribution in [2.75, 3.05) is 5.32 Å². The van der Waals surface area contributed by atoms with Crippen molar-refractivity contribution in [3.8, 4) is 0 Å². The number of amides is 1. The van der Waals surface area contributed by atoms with E-state index < -0.39 is 4.92 Å². The van der Waals surface area contributed by atoms with E-state index >= 15 is 0 Å². The molecule has 6 heteroatoms. The Balaban J connectivity index is 2.12. The Hall–Kier alpha value is -2.21. The summed E-state index contributed by atoms with van der Waals surface area (Å²) < 4.78 is 0.894. The number of halogens is 1. The van der Waals surface area contributed by atoms with E-state index in [0.717, 1.165) is 10.0 Å². The number of rotatable bonds is 4. The molecule has 0 spiro atoms. The fourth-order valence-electron chi connectivity index (χ4n) is 1.89. The highest BCUT2D eigenvalue weighted by Crippen LogP contribution is 2.22. The molecule has 0 unspecified atom stereocenters. The van der Waals surface area contributed by atoms with Crippen molar-refractivity contribution in [1.29, 1.82) is 0 Å². The minimum Gasteiger partial charge on any atom is -0.326 e. The molecule has 0 saturated heterocycles. The van der Waals surface area contributed by atoms with Crippen LogP contribution in [-0.2, 0) is 11.2 Å². The number of para-hydroxylation sites is 1. The van der Waals surface area contributed by atoms with E-state index in [4.69, 9.17) is 0 Å². The molecule has 0 aliphatic carbocycles. The van der Waals surface area contributed by atoms with Gasteiger partial charge in [-0.2, -0.15) is 0 Å². The number of nitro groups is 1. The summed E-state index contributed by atoms with van der Waals surface area (Å²) in [5, 5.41) is 13.6. The van der Waals surface area contributed by atoms with Gasteiger partial charge in [-0.3, -0.25) is 14.9 Å². The van der Waals surface area contributed by atoms with E-state index in [0.29, 0.717) is 11.3 Å². The van der Waals surface area contributed by atoms with Gasteiger partial charge in [0, 0.05) is 21.8 Å². The van der Waals surface area contributed by atoms with Crippen molar-refractivity contribution in [3.63, 3.8) is 0 Å². The molecule has 0 fully saturated rings. The van der Waals surface area contributed by atoms with E-state index in [-0.39, 0.29) is 18.0 Å². The molecule has 0 atom stereocenters. The summed E-state index contributed by atoms with van der Waals surface area (Å²) in [6.07, 6.45) is -0.0390. The molecule has 0 bridgehead atoms. The number of nitro benzene ring substituents is 1. The lowest BCUT2D eigenvalue weighted by molar-refractivity contribution is -0.385. The molecule has 2 aromatic rings. The van der Waals surface area contributed by atoms with Crippen molar-refractivity contribution < 1.29 is 9.72 Å². The summed E-state index contributed by atoms with van der Waals surface area (Å²) in [6, 6.07) is 11.7. The first-order chi connectivity index (χ1) is 9.97. The molecule has 1 N–H and O–H groups in total. The summed E-state index contributed by atoms with van der Waals surface area (Å²) in [7, 11) is 0. The van der Waals surface area contributed by atoms with E-state index in [1.807, 2.05) is 13.0 Å². The van der Waals surface area contributed by atoms with Gasteiger partial charge in [-0.1, -0.05) is 40.2 Å². The molecule has 1 amide bonds. The smallest absolute Gasteiger partial charge is 0.273 e. The van der Waals surface area contributed by atoms with Gasteiger partial charge in [-0.15, -0.1) is 0 Å². The number of nitrogens with zero attached hydrogens (tertiary/aromatic N) is 1. The van der Waals surface area contributed by atoms with Gasteiger partial charge in [-0.05, 0) is 24.6 Å². The lowest BCUT2D eigenvalue weighted by atomic mass is 10.1. The van der Waals surface area contributed by atoms with E-state index in [1.54, 1.807) is 30.3 Å². The van der Waals surface area contributed by atoms with Crippen LogP contribution in [0.1, 0.15) is 11.1 Å². The number of benzene rings is 2. The minimum absolute atomic E-state index is 0.0390. The van der Waals surface area contributed by atoms with Crippen LogP contribution in [0.2, 0.25) is 0 Å². The third-order valence-electron chi connectivity index (χ3n) is 2.99. The summed E-state index contributed by atoms with van der Waals surface area (Å²) in [5.74, 6) is -0.292. The highest BCUT2D eigenvalue weighted by Gasteiger charge is 2.15. The highest BCUT2D eigenvalue weighted by molar-refractivity contribution is 9.10. The Morgan fingerprint density at radius 2 is 2.00 bits per heavy atom. The van der Waals surface area contributed by atoms with Crippen LogP contribution in [-0.4, -0.2) is 10.8 Å². The zero-order chi connectivity index (χ0) is 15.4. The molecule has 2 rings (SSSR count). The first kappa shape index (κ1) is 15.2. The van der Waals surface area contributed by atoms with Crippen molar-refractivity contribution in [2.24, 2.45) is 0 Å². The number of carbonyl (C=O) groups excluding carboxylic acids is 1. The summed E-state index contributed by atoms with van der Waals surface area (Å²) in [5.41, 5.74) is 2.06. The SMILES string of the molecule is Cc1ccc(NC(=O)Cc2ccccc2[N+](=O)[O-])cc1Br. The lowest BCUT2D eigenvalue weighted by Gasteiger charge is -2.07. The Kier molecular flexibility index (Phi) is 4.70. The van der Waals surface area contributed by atoms with Gasteiger partial charge < -0.3 is 5.32 Å². The normalized spacial score (nSPS) is 10.2. The second-order valence-corrected chi connectivity index (χ2v) is 5.43. The molecule has 5 nitrogen and oxygen atoms in total. The van der Waals surface area contributed by atoms with Crippen molar-refractivity contribution in [1.82, 2.24) is 0 Å². The third kappa shape index (κ3) is 3.88. The summed E-state index contributed by atoms with van der Waals surface area (Å²) >= 11 is 3.39. The quantitative estimate of drug-likeness (QED) is 0.673. The third-order valence-corrected chi connectivity index (χ3v) is 3.85. The standard InChI is InChI=1S/C15H13BrN2O3/c1-10-6-7-12(9-13(10)16)17-15(19)8-11-4-2-3-5-14(11)18(20)21/h2-7,9H,8H2,1H3,(H,17,19). The van der Waals surface area contributed by atoms with Gasteiger partial charge in [0.15, 0.2) is 0 Å². The van der Waals surface area contributed by atoms with Crippen LogP contribution in [0.25, 0.3) is 0 Å². The Bertz CT molecular complexity index is 701. The first-order valence-corrected chi connectivity index (χ1v) is 7.05. The number of aryl methyl sites for hydroxylation is 1. The number of nitrogens with one attached hydrogen (secondary N) is 1. The van der Waals surface area contributed by atoms with Crippen LogP contribution in [0.5, 0.6) is 0 Å². The molecule has 0 aliphatic rings. The van der Waals surface area contributed by atoms with Crippen LogP contribution in [0.3, 0.4) is 0 Å². The molecule has 2 aromatic carbocycles. The summed E-state index contributed by atoms with van der Waals surface area (Å²) in [4.78, 5) is 22.4. The Morgan fingerprint density at radius 1 is 1.29 bits per heavy atom. The average molecular weight is 349 g/mol. The molecule has 21 heavy (non-hydrogen) atoms. The number of hydrogen-bond donors (Lipinski definition) is 1.